The van der Waals surface area contributed by atoms with Crippen molar-refractivity contribution in [2.45, 2.75) is 6.92 Å². The van der Waals surface area contributed by atoms with Crippen LogP contribution in [-0.2, 0) is 4.74 Å². The van der Waals surface area contributed by atoms with E-state index in [2.05, 4.69) is 4.98 Å². The minimum Gasteiger partial charge on any atom is -0.454 e. The van der Waals surface area contributed by atoms with Crippen LogP contribution in [0.1, 0.15) is 26.5 Å². The summed E-state index contributed by atoms with van der Waals surface area (Å²) in [5.74, 6) is 0.0447. The third-order valence-corrected chi connectivity index (χ3v) is 4.50. The molecule has 1 aromatic heterocycles. The van der Waals surface area contributed by atoms with Crippen molar-refractivity contribution < 1.29 is 14.3 Å². The maximum Gasteiger partial charge on any atom is 0.338 e. The Kier molecular flexibility index (Phi) is 4.72. The van der Waals surface area contributed by atoms with E-state index < -0.39 is 5.97 Å². The number of rotatable bonds is 5. The molecule has 28 heavy (non-hydrogen) atoms. The molecule has 4 aromatic rings. The molecular weight excluding hydrogens is 352 g/mol. The number of carbonyl (C=O) groups is 2. The van der Waals surface area contributed by atoms with Gasteiger partial charge in [-0.3, -0.25) is 9.36 Å². The first-order valence-corrected chi connectivity index (χ1v) is 8.93. The fourth-order valence-electron chi connectivity index (χ4n) is 3.15. The summed E-state index contributed by atoms with van der Waals surface area (Å²) < 4.78 is 7.22. The topological polar surface area (TPSA) is 61.2 Å². The van der Waals surface area contributed by atoms with Gasteiger partial charge >= 0.3 is 5.97 Å². The predicted molar refractivity (Wildman–Crippen MR) is 107 cm³/mol. The van der Waals surface area contributed by atoms with Crippen molar-refractivity contribution >= 4 is 22.8 Å². The highest BCUT2D eigenvalue weighted by Gasteiger charge is 2.15. The minimum atomic E-state index is -0.543. The maximum atomic E-state index is 12.4. The SMILES string of the molecule is Cc1nc2cc(C(=O)OCC(=O)c3ccccc3)ccc2n1-c1ccccc1. The third kappa shape index (κ3) is 3.42. The summed E-state index contributed by atoms with van der Waals surface area (Å²) in [7, 11) is 0. The maximum absolute atomic E-state index is 12.4. The Hall–Kier alpha value is -3.73. The molecule has 0 spiro atoms. The largest absolute Gasteiger partial charge is 0.454 e. The minimum absolute atomic E-state index is 0.237. The van der Waals surface area contributed by atoms with Gasteiger partial charge in [-0.2, -0.15) is 0 Å². The summed E-state index contributed by atoms with van der Waals surface area (Å²) in [6.07, 6.45) is 0. The van der Waals surface area contributed by atoms with Crippen LogP contribution in [0.15, 0.2) is 78.9 Å². The molecule has 0 saturated carbocycles. The second-order valence-corrected chi connectivity index (χ2v) is 6.40. The molecule has 0 N–H and O–H groups in total. The highest BCUT2D eigenvalue weighted by Crippen LogP contribution is 2.22. The molecule has 0 amide bonds. The van der Waals surface area contributed by atoms with Gasteiger partial charge in [0.25, 0.3) is 0 Å². The van der Waals surface area contributed by atoms with Crippen LogP contribution in [0.5, 0.6) is 0 Å². The number of esters is 1. The van der Waals surface area contributed by atoms with Crippen molar-refractivity contribution in [1.82, 2.24) is 9.55 Å². The van der Waals surface area contributed by atoms with Gasteiger partial charge in [0.05, 0.1) is 16.6 Å². The number of aromatic nitrogens is 2. The number of carbonyl (C=O) groups excluding carboxylic acids is 2. The molecule has 0 radical (unpaired) electrons. The molecule has 1 heterocycles. The van der Waals surface area contributed by atoms with E-state index in [-0.39, 0.29) is 12.4 Å². The number of benzene rings is 3. The first kappa shape index (κ1) is 17.7. The highest BCUT2D eigenvalue weighted by molar-refractivity contribution is 6.00. The molecule has 4 rings (SSSR count). The second kappa shape index (κ2) is 7.48. The zero-order valence-electron chi connectivity index (χ0n) is 15.3. The van der Waals surface area contributed by atoms with Gasteiger partial charge in [0.2, 0.25) is 0 Å². The van der Waals surface area contributed by atoms with Gasteiger partial charge in [-0.05, 0) is 37.3 Å². The fraction of sp³-hybridized carbons (Fsp3) is 0.0870. The lowest BCUT2D eigenvalue weighted by Crippen LogP contribution is -2.14. The van der Waals surface area contributed by atoms with Crippen LogP contribution in [0.25, 0.3) is 16.7 Å². The highest BCUT2D eigenvalue weighted by atomic mass is 16.5. The van der Waals surface area contributed by atoms with Crippen LogP contribution >= 0.6 is 0 Å². The quantitative estimate of drug-likeness (QED) is 0.386. The van der Waals surface area contributed by atoms with Crippen LogP contribution < -0.4 is 0 Å². The van der Waals surface area contributed by atoms with Gasteiger partial charge in [-0.15, -0.1) is 0 Å². The summed E-state index contributed by atoms with van der Waals surface area (Å²) in [5, 5.41) is 0. The van der Waals surface area contributed by atoms with E-state index in [1.165, 1.54) is 0 Å². The lowest BCUT2D eigenvalue weighted by Gasteiger charge is -2.07. The number of hydrogen-bond acceptors (Lipinski definition) is 4. The molecule has 5 heteroatoms. The average Bonchev–Trinajstić information content (AvgIpc) is 3.07. The number of fused-ring (bicyclic) bond motifs is 1. The van der Waals surface area contributed by atoms with E-state index in [4.69, 9.17) is 4.74 Å². The number of Topliss-reactive ketones (excluding diaryl/α,β-unsaturated/α-hetero) is 1. The normalized spacial score (nSPS) is 10.8. The van der Waals surface area contributed by atoms with Crippen LogP contribution in [-0.4, -0.2) is 27.9 Å². The van der Waals surface area contributed by atoms with E-state index in [1.807, 2.05) is 54.0 Å². The summed E-state index contributed by atoms with van der Waals surface area (Å²) in [6.45, 7) is 1.63. The number of ketones is 1. The number of para-hydroxylation sites is 1. The van der Waals surface area contributed by atoms with Crippen molar-refractivity contribution in [2.75, 3.05) is 6.61 Å². The van der Waals surface area contributed by atoms with E-state index in [1.54, 1.807) is 36.4 Å². The molecule has 0 aliphatic heterocycles. The van der Waals surface area contributed by atoms with Crippen LogP contribution in [0, 0.1) is 6.92 Å². The molecule has 0 atom stereocenters. The van der Waals surface area contributed by atoms with Crippen LogP contribution in [0.3, 0.4) is 0 Å². The van der Waals surface area contributed by atoms with Crippen LogP contribution in [0.2, 0.25) is 0 Å². The number of nitrogens with zero attached hydrogens (tertiary/aromatic N) is 2. The molecular formula is C23H18N2O3. The summed E-state index contributed by atoms with van der Waals surface area (Å²) in [4.78, 5) is 29.0. The zero-order valence-corrected chi connectivity index (χ0v) is 15.3. The monoisotopic (exact) mass is 370 g/mol. The molecule has 0 fully saturated rings. The lowest BCUT2D eigenvalue weighted by molar-refractivity contribution is 0.0475. The van der Waals surface area contributed by atoms with Crippen molar-refractivity contribution in [3.8, 4) is 5.69 Å². The lowest BCUT2D eigenvalue weighted by atomic mass is 10.1. The Bertz CT molecular complexity index is 1150. The van der Waals surface area contributed by atoms with E-state index >= 15 is 0 Å². The van der Waals surface area contributed by atoms with Crippen LogP contribution in [0.4, 0.5) is 0 Å². The molecule has 0 aliphatic carbocycles. The molecule has 5 nitrogen and oxygen atoms in total. The molecule has 138 valence electrons. The van der Waals surface area contributed by atoms with Crippen molar-refractivity contribution in [3.63, 3.8) is 0 Å². The molecule has 0 aliphatic rings. The Morgan fingerprint density at radius 3 is 2.29 bits per heavy atom. The Morgan fingerprint density at radius 2 is 1.57 bits per heavy atom. The first-order valence-electron chi connectivity index (χ1n) is 8.93. The van der Waals surface area contributed by atoms with Crippen molar-refractivity contribution in [1.29, 1.82) is 0 Å². The first-order chi connectivity index (χ1) is 13.6. The van der Waals surface area contributed by atoms with Gasteiger partial charge in [0.15, 0.2) is 12.4 Å². The van der Waals surface area contributed by atoms with Gasteiger partial charge in [0.1, 0.15) is 5.82 Å². The number of ether oxygens (including phenoxy) is 1. The van der Waals surface area contributed by atoms with E-state index in [9.17, 15) is 9.59 Å². The Morgan fingerprint density at radius 1 is 0.893 bits per heavy atom. The zero-order chi connectivity index (χ0) is 19.5. The van der Waals surface area contributed by atoms with Gasteiger partial charge in [-0.1, -0.05) is 48.5 Å². The smallest absolute Gasteiger partial charge is 0.338 e. The Labute approximate surface area is 162 Å². The van der Waals surface area contributed by atoms with Gasteiger partial charge in [-0.25, -0.2) is 9.78 Å². The van der Waals surface area contributed by atoms with Crippen molar-refractivity contribution in [3.05, 3.63) is 95.8 Å². The standard InChI is InChI=1S/C23H18N2O3/c1-16-24-20-14-18(12-13-21(20)25(16)19-10-6-3-7-11-19)23(27)28-15-22(26)17-8-4-2-5-9-17/h2-14H,15H2,1H3. The predicted octanol–water partition coefficient (Wildman–Crippen LogP) is 4.37. The van der Waals surface area contributed by atoms with Gasteiger partial charge < -0.3 is 4.74 Å². The van der Waals surface area contributed by atoms with Gasteiger partial charge in [0, 0.05) is 11.3 Å². The van der Waals surface area contributed by atoms with E-state index in [0.717, 1.165) is 17.0 Å². The number of imidazole rings is 1. The summed E-state index contributed by atoms with van der Waals surface area (Å²) in [5.41, 5.74) is 3.49. The summed E-state index contributed by atoms with van der Waals surface area (Å²) >= 11 is 0. The molecule has 3 aromatic carbocycles. The molecule has 0 unspecified atom stereocenters. The summed E-state index contributed by atoms with van der Waals surface area (Å²) in [6, 6.07) is 23.9. The van der Waals surface area contributed by atoms with E-state index in [0.29, 0.717) is 16.6 Å². The number of hydrogen-bond donors (Lipinski definition) is 0. The molecule has 0 saturated heterocycles. The number of aryl methyl sites for hydroxylation is 1. The third-order valence-electron chi connectivity index (χ3n) is 4.50. The fourth-order valence-corrected chi connectivity index (χ4v) is 3.15. The second-order valence-electron chi connectivity index (χ2n) is 6.40. The molecule has 0 bridgehead atoms. The van der Waals surface area contributed by atoms with Crippen molar-refractivity contribution in [2.24, 2.45) is 0 Å². The average molecular weight is 370 g/mol. The Balaban J connectivity index is 1.55.